The molecule has 3 aliphatic heterocycles. The molecule has 0 aliphatic carbocycles. The van der Waals surface area contributed by atoms with Crippen LogP contribution >= 0.6 is 0 Å². The highest BCUT2D eigenvalue weighted by Gasteiger charge is 2.46. The van der Waals surface area contributed by atoms with Gasteiger partial charge in [0.15, 0.2) is 0 Å². The molecule has 0 unspecified atom stereocenters. The van der Waals surface area contributed by atoms with E-state index < -0.39 is 36.2 Å². The van der Waals surface area contributed by atoms with Crippen molar-refractivity contribution in [3.05, 3.63) is 72.1 Å². The van der Waals surface area contributed by atoms with Crippen molar-refractivity contribution in [1.82, 2.24) is 31.2 Å². The van der Waals surface area contributed by atoms with E-state index >= 15 is 0 Å². The van der Waals surface area contributed by atoms with Gasteiger partial charge in [0, 0.05) is 42.7 Å². The van der Waals surface area contributed by atoms with Crippen LogP contribution in [0.3, 0.4) is 0 Å². The lowest BCUT2D eigenvalue weighted by atomic mass is 9.97. The molecule has 3 aromatic rings. The van der Waals surface area contributed by atoms with Crippen LogP contribution < -0.4 is 26.0 Å². The van der Waals surface area contributed by atoms with Gasteiger partial charge in [-0.3, -0.25) is 19.2 Å². The van der Waals surface area contributed by atoms with Crippen molar-refractivity contribution in [2.45, 2.75) is 83.6 Å². The number of nitrogens with one attached hydrogen (secondary N) is 5. The third-order valence-corrected chi connectivity index (χ3v) is 9.44. The fourth-order valence-corrected chi connectivity index (χ4v) is 6.55. The van der Waals surface area contributed by atoms with Crippen LogP contribution in [0.4, 0.5) is 0 Å². The van der Waals surface area contributed by atoms with Gasteiger partial charge in [-0.15, -0.1) is 0 Å². The van der Waals surface area contributed by atoms with Crippen molar-refractivity contribution in [3.63, 3.8) is 0 Å². The summed E-state index contributed by atoms with van der Waals surface area (Å²) in [6.45, 7) is 8.18. The van der Waals surface area contributed by atoms with E-state index in [4.69, 9.17) is 4.74 Å². The predicted octanol–water partition coefficient (Wildman–Crippen LogP) is 3.51. The molecule has 1 fully saturated rings. The third-order valence-electron chi connectivity index (χ3n) is 9.44. The average molecular weight is 657 g/mol. The molecule has 6 atom stereocenters. The van der Waals surface area contributed by atoms with E-state index in [2.05, 4.69) is 26.3 Å². The monoisotopic (exact) mass is 656 g/mol. The fourth-order valence-electron chi connectivity index (χ4n) is 6.55. The van der Waals surface area contributed by atoms with Gasteiger partial charge in [0.2, 0.25) is 23.6 Å². The van der Waals surface area contributed by atoms with Crippen LogP contribution in [0.2, 0.25) is 0 Å². The smallest absolute Gasteiger partial charge is 0.247 e. The largest absolute Gasteiger partial charge is 0.488 e. The van der Waals surface area contributed by atoms with E-state index in [1.165, 1.54) is 4.90 Å². The number of amides is 4. The van der Waals surface area contributed by atoms with Crippen LogP contribution in [-0.4, -0.2) is 77.4 Å². The number of fused-ring (bicyclic) bond motifs is 8. The Kier molecular flexibility index (Phi) is 11.2. The molecule has 3 aliphatic rings. The molecule has 0 saturated carbocycles. The summed E-state index contributed by atoms with van der Waals surface area (Å²) in [6, 6.07) is 11.8. The summed E-state index contributed by atoms with van der Waals surface area (Å²) < 4.78 is 6.38. The molecule has 11 heteroatoms. The molecule has 48 heavy (non-hydrogen) atoms. The van der Waals surface area contributed by atoms with Crippen LogP contribution in [0.5, 0.6) is 5.75 Å². The van der Waals surface area contributed by atoms with Crippen LogP contribution in [0.25, 0.3) is 17.0 Å². The van der Waals surface area contributed by atoms with Crippen molar-refractivity contribution in [3.8, 4) is 5.75 Å². The Bertz CT molecular complexity index is 1630. The number of hydrogen-bond acceptors (Lipinski definition) is 6. The number of hydrogen-bond donors (Lipinski definition) is 5. The maximum absolute atomic E-state index is 14.7. The van der Waals surface area contributed by atoms with E-state index in [-0.39, 0.29) is 42.5 Å². The number of aromatic amines is 1. The van der Waals surface area contributed by atoms with Gasteiger partial charge in [-0.05, 0) is 60.7 Å². The number of rotatable bonds is 10. The molecule has 0 spiro atoms. The third kappa shape index (κ3) is 7.90. The number of likely N-dealkylation sites (N-methyl/N-ethyl adjacent to an activating group) is 1. The molecule has 4 heterocycles. The van der Waals surface area contributed by atoms with Gasteiger partial charge in [0.25, 0.3) is 0 Å². The van der Waals surface area contributed by atoms with Crippen LogP contribution in [0, 0.1) is 11.8 Å². The minimum absolute atomic E-state index is 0.174. The Balaban J connectivity index is 1.50. The zero-order valence-electron chi connectivity index (χ0n) is 28.4. The maximum atomic E-state index is 14.7. The van der Waals surface area contributed by atoms with Crippen molar-refractivity contribution < 1.29 is 23.9 Å². The summed E-state index contributed by atoms with van der Waals surface area (Å²) in [5.74, 6) is -0.847. The second-order valence-corrected chi connectivity index (χ2v) is 13.3. The Morgan fingerprint density at radius 1 is 1.02 bits per heavy atom. The number of para-hydroxylation sites is 1. The van der Waals surface area contributed by atoms with Crippen molar-refractivity contribution in [2.24, 2.45) is 11.8 Å². The van der Waals surface area contributed by atoms with Crippen molar-refractivity contribution >= 4 is 40.6 Å². The lowest BCUT2D eigenvalue weighted by Crippen LogP contribution is -2.60. The standard InChI is InChI=1S/C37H48N6O5/c1-6-23(4)32-35(45)39-17-15-24-11-13-26(14-12-24)48-31-16-18-43(33(31)36(46)42-32)37(47)30(41-34(44)29(38-5)19-22(2)3)20-25-21-40-28-10-8-7-9-27(25)28/h7-15,17,21-23,29-33,38,40H,6,16,18-20H2,1-5H3,(H,39,45)(H,41,44)(H,42,46)/b17-15-/t23-,29-,30-,31-,32-,33-/m0/s1. The Labute approximate surface area is 282 Å². The first-order valence-corrected chi connectivity index (χ1v) is 17.0. The number of carbonyl (C=O) groups is 4. The Morgan fingerprint density at radius 2 is 1.77 bits per heavy atom. The van der Waals surface area contributed by atoms with Gasteiger partial charge in [0.05, 0.1) is 6.04 Å². The lowest BCUT2D eigenvalue weighted by Gasteiger charge is -2.33. The quantitative estimate of drug-likeness (QED) is 0.226. The van der Waals surface area contributed by atoms with E-state index in [0.717, 1.165) is 22.0 Å². The normalized spacial score (nSPS) is 22.2. The summed E-state index contributed by atoms with van der Waals surface area (Å²) in [4.78, 5) is 60.7. The molecular formula is C37H48N6O5. The minimum Gasteiger partial charge on any atom is -0.488 e. The molecule has 5 N–H and O–H groups in total. The molecule has 0 radical (unpaired) electrons. The lowest BCUT2D eigenvalue weighted by molar-refractivity contribution is -0.144. The van der Waals surface area contributed by atoms with Crippen molar-refractivity contribution in [2.75, 3.05) is 13.6 Å². The fraction of sp³-hybridized carbons (Fsp3) is 0.459. The summed E-state index contributed by atoms with van der Waals surface area (Å²) in [5.41, 5.74) is 2.67. The first-order valence-electron chi connectivity index (χ1n) is 17.0. The van der Waals surface area contributed by atoms with Crippen LogP contribution in [0.1, 0.15) is 58.1 Å². The topological polar surface area (TPSA) is 145 Å². The van der Waals surface area contributed by atoms with Crippen LogP contribution in [0.15, 0.2) is 60.9 Å². The highest BCUT2D eigenvalue weighted by molar-refractivity contribution is 5.96. The highest BCUT2D eigenvalue weighted by atomic mass is 16.5. The average Bonchev–Trinajstić information content (AvgIpc) is 3.69. The number of likely N-dealkylation sites (tertiary alicyclic amines) is 1. The first kappa shape index (κ1) is 34.7. The van der Waals surface area contributed by atoms with Gasteiger partial charge in [-0.2, -0.15) is 0 Å². The highest BCUT2D eigenvalue weighted by Crippen LogP contribution is 2.28. The molecule has 6 rings (SSSR count). The summed E-state index contributed by atoms with van der Waals surface area (Å²) >= 11 is 0. The minimum atomic E-state index is -1.03. The first-order chi connectivity index (χ1) is 23.1. The van der Waals surface area contributed by atoms with Gasteiger partial charge in [-0.1, -0.05) is 64.4 Å². The predicted molar refractivity (Wildman–Crippen MR) is 186 cm³/mol. The number of nitrogens with zero attached hydrogens (tertiary/aromatic N) is 1. The van der Waals surface area contributed by atoms with E-state index in [1.807, 2.05) is 70.3 Å². The number of H-pyrrole nitrogens is 1. The second-order valence-electron chi connectivity index (χ2n) is 13.3. The zero-order chi connectivity index (χ0) is 34.4. The summed E-state index contributed by atoms with van der Waals surface area (Å²) in [7, 11) is 1.73. The maximum Gasteiger partial charge on any atom is 0.247 e. The zero-order valence-corrected chi connectivity index (χ0v) is 28.4. The second kappa shape index (κ2) is 15.5. The van der Waals surface area contributed by atoms with E-state index in [1.54, 1.807) is 31.5 Å². The van der Waals surface area contributed by atoms with Crippen molar-refractivity contribution in [1.29, 1.82) is 0 Å². The molecule has 2 aromatic carbocycles. The number of aromatic nitrogens is 1. The van der Waals surface area contributed by atoms with E-state index in [9.17, 15) is 19.2 Å². The van der Waals surface area contributed by atoms with Gasteiger partial charge in [0.1, 0.15) is 30.0 Å². The van der Waals surface area contributed by atoms with Gasteiger partial charge < -0.3 is 35.9 Å². The number of ether oxygens (including phenoxy) is 1. The summed E-state index contributed by atoms with van der Waals surface area (Å²) in [5, 5.41) is 12.8. The molecule has 1 saturated heterocycles. The SMILES string of the molecule is CC[C@H](C)[C@@H]1NC(=O)[C@@H]2[C@H](CCN2C(=O)[C@H](Cc2c[nH]c3ccccc23)NC(=O)[C@H](CC(C)C)NC)Oc2ccc(cc2)/C=C\NC1=O. The molecule has 4 amide bonds. The van der Waals surface area contributed by atoms with Crippen LogP contribution in [-0.2, 0) is 25.6 Å². The number of benzene rings is 2. The van der Waals surface area contributed by atoms with Gasteiger partial charge >= 0.3 is 0 Å². The molecular weight excluding hydrogens is 608 g/mol. The summed E-state index contributed by atoms with van der Waals surface area (Å²) in [6.07, 6.45) is 6.39. The molecule has 1 aromatic heterocycles. The van der Waals surface area contributed by atoms with Gasteiger partial charge in [-0.25, -0.2) is 0 Å². The molecule has 256 valence electrons. The Hall–Kier alpha value is -4.64. The number of carbonyl (C=O) groups excluding carboxylic acids is 4. The molecule has 11 nitrogen and oxygen atoms in total. The van der Waals surface area contributed by atoms with E-state index in [0.29, 0.717) is 25.0 Å². The Morgan fingerprint density at radius 3 is 2.48 bits per heavy atom. The molecule has 2 bridgehead atoms.